The molecule has 0 aliphatic carbocycles. The van der Waals surface area contributed by atoms with Crippen molar-refractivity contribution in [3.8, 4) is 5.75 Å². The first-order chi connectivity index (χ1) is 14.8. The fourth-order valence-corrected chi connectivity index (χ4v) is 3.97. The fourth-order valence-electron chi connectivity index (χ4n) is 2.89. The second-order valence-corrected chi connectivity index (χ2v) is 9.01. The molecule has 0 aliphatic heterocycles. The standard InChI is InChI=1S/C24H26N2O4S/c1-18(2)19-10-14-22(15-11-19)30-17-16-25-24(27)20-8-12-21(13-9-20)26-31(28,29)23-6-4-3-5-7-23/h3-15,18,26H,16-17H2,1-2H3,(H,25,27). The number of hydrogen-bond donors (Lipinski definition) is 2. The van der Waals surface area contributed by atoms with Crippen molar-refractivity contribution >= 4 is 21.6 Å². The largest absolute Gasteiger partial charge is 0.492 e. The zero-order valence-electron chi connectivity index (χ0n) is 17.5. The number of nitrogens with one attached hydrogen (secondary N) is 2. The predicted octanol–water partition coefficient (Wildman–Crippen LogP) is 4.42. The van der Waals surface area contributed by atoms with E-state index in [4.69, 9.17) is 4.74 Å². The summed E-state index contributed by atoms with van der Waals surface area (Å²) in [5.74, 6) is 0.971. The van der Waals surface area contributed by atoms with Crippen molar-refractivity contribution < 1.29 is 17.9 Å². The van der Waals surface area contributed by atoms with Gasteiger partial charge in [-0.25, -0.2) is 8.42 Å². The van der Waals surface area contributed by atoms with Crippen LogP contribution >= 0.6 is 0 Å². The number of hydrogen-bond acceptors (Lipinski definition) is 4. The molecule has 0 fully saturated rings. The van der Waals surface area contributed by atoms with Gasteiger partial charge in [0.05, 0.1) is 11.4 Å². The fraction of sp³-hybridized carbons (Fsp3) is 0.208. The summed E-state index contributed by atoms with van der Waals surface area (Å²) in [7, 11) is -3.67. The van der Waals surface area contributed by atoms with Gasteiger partial charge in [-0.3, -0.25) is 9.52 Å². The molecular weight excluding hydrogens is 412 g/mol. The van der Waals surface area contributed by atoms with Crippen LogP contribution in [0.25, 0.3) is 0 Å². The molecule has 0 heterocycles. The maximum atomic E-state index is 12.4. The van der Waals surface area contributed by atoms with Crippen LogP contribution in [0, 0.1) is 0 Å². The summed E-state index contributed by atoms with van der Waals surface area (Å²) in [6.07, 6.45) is 0. The molecule has 1 amide bonds. The quantitative estimate of drug-likeness (QED) is 0.485. The minimum atomic E-state index is -3.67. The van der Waals surface area contributed by atoms with Crippen molar-refractivity contribution in [1.82, 2.24) is 5.32 Å². The second kappa shape index (κ2) is 10.1. The zero-order valence-corrected chi connectivity index (χ0v) is 18.4. The molecule has 0 radical (unpaired) electrons. The van der Waals surface area contributed by atoms with E-state index in [0.717, 1.165) is 5.75 Å². The van der Waals surface area contributed by atoms with Gasteiger partial charge in [0.1, 0.15) is 12.4 Å². The lowest BCUT2D eigenvalue weighted by molar-refractivity contribution is 0.0947. The average Bonchev–Trinajstić information content (AvgIpc) is 2.78. The lowest BCUT2D eigenvalue weighted by Crippen LogP contribution is -2.28. The Balaban J connectivity index is 1.48. The van der Waals surface area contributed by atoms with Crippen LogP contribution in [0.15, 0.2) is 83.8 Å². The number of amides is 1. The van der Waals surface area contributed by atoms with E-state index in [0.29, 0.717) is 30.3 Å². The predicted molar refractivity (Wildman–Crippen MR) is 122 cm³/mol. The SMILES string of the molecule is CC(C)c1ccc(OCCNC(=O)c2ccc(NS(=O)(=O)c3ccccc3)cc2)cc1. The van der Waals surface area contributed by atoms with Crippen LogP contribution in [0.3, 0.4) is 0 Å². The van der Waals surface area contributed by atoms with E-state index in [9.17, 15) is 13.2 Å². The van der Waals surface area contributed by atoms with E-state index >= 15 is 0 Å². The summed E-state index contributed by atoms with van der Waals surface area (Å²) >= 11 is 0. The third kappa shape index (κ3) is 6.33. The van der Waals surface area contributed by atoms with Crippen molar-refractivity contribution in [3.63, 3.8) is 0 Å². The zero-order chi connectivity index (χ0) is 22.3. The molecule has 6 nitrogen and oxygen atoms in total. The second-order valence-electron chi connectivity index (χ2n) is 7.32. The molecule has 0 saturated heterocycles. The smallest absolute Gasteiger partial charge is 0.261 e. The number of ether oxygens (including phenoxy) is 1. The summed E-state index contributed by atoms with van der Waals surface area (Å²) in [6.45, 7) is 4.97. The summed E-state index contributed by atoms with van der Waals surface area (Å²) in [6, 6.07) is 22.3. The maximum absolute atomic E-state index is 12.4. The Kier molecular flexibility index (Phi) is 7.31. The molecule has 0 bridgehead atoms. The van der Waals surface area contributed by atoms with Crippen molar-refractivity contribution in [3.05, 3.63) is 90.0 Å². The first-order valence-electron chi connectivity index (χ1n) is 10.0. The van der Waals surface area contributed by atoms with Crippen LogP contribution in [-0.4, -0.2) is 27.5 Å². The van der Waals surface area contributed by atoms with Crippen LogP contribution < -0.4 is 14.8 Å². The van der Waals surface area contributed by atoms with Gasteiger partial charge in [-0.05, 0) is 60.0 Å². The molecule has 2 N–H and O–H groups in total. The highest BCUT2D eigenvalue weighted by atomic mass is 32.2. The van der Waals surface area contributed by atoms with E-state index in [1.807, 2.05) is 24.3 Å². The molecule has 31 heavy (non-hydrogen) atoms. The van der Waals surface area contributed by atoms with E-state index < -0.39 is 10.0 Å². The highest BCUT2D eigenvalue weighted by Gasteiger charge is 2.13. The van der Waals surface area contributed by atoms with Crippen LogP contribution in [0.1, 0.15) is 35.7 Å². The Bertz CT molecular complexity index is 1090. The Labute approximate surface area is 183 Å². The van der Waals surface area contributed by atoms with Gasteiger partial charge in [-0.1, -0.05) is 44.2 Å². The summed E-state index contributed by atoms with van der Waals surface area (Å²) < 4.78 is 32.9. The van der Waals surface area contributed by atoms with Gasteiger partial charge < -0.3 is 10.1 Å². The molecule has 0 aliphatic rings. The molecule has 3 aromatic carbocycles. The summed E-state index contributed by atoms with van der Waals surface area (Å²) in [4.78, 5) is 12.5. The van der Waals surface area contributed by atoms with E-state index in [-0.39, 0.29) is 10.8 Å². The number of rotatable bonds is 9. The molecule has 0 saturated carbocycles. The third-order valence-corrected chi connectivity index (χ3v) is 6.05. The average molecular weight is 439 g/mol. The Morgan fingerprint density at radius 3 is 2.16 bits per heavy atom. The summed E-state index contributed by atoms with van der Waals surface area (Å²) in [5, 5.41) is 2.79. The molecular formula is C24H26N2O4S. The van der Waals surface area contributed by atoms with Crippen molar-refractivity contribution in [2.45, 2.75) is 24.7 Å². The van der Waals surface area contributed by atoms with Crippen LogP contribution in [0.2, 0.25) is 0 Å². The minimum Gasteiger partial charge on any atom is -0.492 e. The number of benzene rings is 3. The monoisotopic (exact) mass is 438 g/mol. The number of anilines is 1. The van der Waals surface area contributed by atoms with Gasteiger partial charge in [0.15, 0.2) is 0 Å². The van der Waals surface area contributed by atoms with Gasteiger partial charge in [0, 0.05) is 11.3 Å². The van der Waals surface area contributed by atoms with Crippen molar-refractivity contribution in [2.24, 2.45) is 0 Å². The van der Waals surface area contributed by atoms with E-state index in [1.54, 1.807) is 42.5 Å². The van der Waals surface area contributed by atoms with Crippen LogP contribution in [0.5, 0.6) is 5.75 Å². The molecule has 162 valence electrons. The van der Waals surface area contributed by atoms with Gasteiger partial charge in [-0.15, -0.1) is 0 Å². The van der Waals surface area contributed by atoms with Gasteiger partial charge in [0.2, 0.25) is 0 Å². The Morgan fingerprint density at radius 2 is 1.55 bits per heavy atom. The molecule has 0 unspecified atom stereocenters. The van der Waals surface area contributed by atoms with Crippen LogP contribution in [0.4, 0.5) is 5.69 Å². The molecule has 7 heteroatoms. The molecule has 3 rings (SSSR count). The molecule has 0 spiro atoms. The van der Waals surface area contributed by atoms with E-state index in [2.05, 4.69) is 23.9 Å². The van der Waals surface area contributed by atoms with E-state index in [1.165, 1.54) is 17.7 Å². The Morgan fingerprint density at radius 1 is 0.903 bits per heavy atom. The summed E-state index contributed by atoms with van der Waals surface area (Å²) in [5.41, 5.74) is 2.06. The lowest BCUT2D eigenvalue weighted by Gasteiger charge is -2.10. The lowest BCUT2D eigenvalue weighted by atomic mass is 10.0. The van der Waals surface area contributed by atoms with Crippen LogP contribution in [-0.2, 0) is 10.0 Å². The van der Waals surface area contributed by atoms with Gasteiger partial charge >= 0.3 is 0 Å². The number of sulfonamides is 1. The molecule has 0 aromatic heterocycles. The number of carbonyl (C=O) groups excluding carboxylic acids is 1. The van der Waals surface area contributed by atoms with Crippen molar-refractivity contribution in [1.29, 1.82) is 0 Å². The van der Waals surface area contributed by atoms with Gasteiger partial charge in [0.25, 0.3) is 15.9 Å². The Hall–Kier alpha value is -3.32. The highest BCUT2D eigenvalue weighted by molar-refractivity contribution is 7.92. The normalized spacial score (nSPS) is 11.2. The minimum absolute atomic E-state index is 0.177. The first kappa shape index (κ1) is 22.4. The van der Waals surface area contributed by atoms with Crippen molar-refractivity contribution in [2.75, 3.05) is 17.9 Å². The topological polar surface area (TPSA) is 84.5 Å². The maximum Gasteiger partial charge on any atom is 0.261 e. The highest BCUT2D eigenvalue weighted by Crippen LogP contribution is 2.19. The first-order valence-corrected chi connectivity index (χ1v) is 11.5. The van der Waals surface area contributed by atoms with Gasteiger partial charge in [-0.2, -0.15) is 0 Å². The molecule has 0 atom stereocenters. The molecule has 3 aromatic rings. The third-order valence-electron chi connectivity index (χ3n) is 4.66. The number of carbonyl (C=O) groups is 1.